The normalized spacial score (nSPS) is 10.7. The first-order valence-corrected chi connectivity index (χ1v) is 4.88. The Morgan fingerprint density at radius 3 is 2.73 bits per heavy atom. The molecule has 0 saturated heterocycles. The molecule has 84 valence electrons. The quantitative estimate of drug-likeness (QED) is 0.772. The van der Waals surface area contributed by atoms with Crippen LogP contribution in [0, 0.1) is 5.92 Å². The lowest BCUT2D eigenvalue weighted by atomic mass is 10.0. The van der Waals surface area contributed by atoms with Crippen LogP contribution >= 0.6 is 0 Å². The lowest BCUT2D eigenvalue weighted by Crippen LogP contribution is -2.08. The van der Waals surface area contributed by atoms with Gasteiger partial charge in [-0.05, 0) is 5.92 Å². The molecule has 1 N–H and O–H groups in total. The van der Waals surface area contributed by atoms with Gasteiger partial charge in [0.25, 0.3) is 0 Å². The van der Waals surface area contributed by atoms with E-state index in [9.17, 15) is 4.79 Å². The van der Waals surface area contributed by atoms with E-state index in [4.69, 9.17) is 9.52 Å². The van der Waals surface area contributed by atoms with Crippen LogP contribution in [0.25, 0.3) is 0 Å². The minimum atomic E-state index is -0.455. The highest BCUT2D eigenvalue weighted by Crippen LogP contribution is 2.21. The maximum absolute atomic E-state index is 11.5. The van der Waals surface area contributed by atoms with Crippen molar-refractivity contribution in [2.45, 2.75) is 26.9 Å². The smallest absolute Gasteiger partial charge is 0.341 e. The zero-order chi connectivity index (χ0) is 11.4. The average molecular weight is 212 g/mol. The molecule has 0 spiro atoms. The average Bonchev–Trinajstić information content (AvgIpc) is 2.58. The van der Waals surface area contributed by atoms with Crippen molar-refractivity contribution in [1.82, 2.24) is 0 Å². The monoisotopic (exact) mass is 212 g/mol. The minimum Gasteiger partial charge on any atom is -0.468 e. The molecule has 0 fully saturated rings. The number of hydrogen-bond donors (Lipinski definition) is 1. The topological polar surface area (TPSA) is 59.7 Å². The summed E-state index contributed by atoms with van der Waals surface area (Å²) in [6.07, 6.45) is 2.06. The molecule has 0 unspecified atom stereocenters. The van der Waals surface area contributed by atoms with Crippen molar-refractivity contribution >= 4 is 5.97 Å². The van der Waals surface area contributed by atoms with Crippen LogP contribution in [0.2, 0.25) is 0 Å². The Balaban J connectivity index is 3.05. The Bertz CT molecular complexity index is 338. The summed E-state index contributed by atoms with van der Waals surface area (Å²) in [5.41, 5.74) is 0.853. The first-order valence-electron chi connectivity index (χ1n) is 4.88. The molecule has 0 aliphatic carbocycles. The molecule has 1 aromatic rings. The number of hydrogen-bond acceptors (Lipinski definition) is 4. The summed E-state index contributed by atoms with van der Waals surface area (Å²) in [6, 6.07) is 0. The van der Waals surface area contributed by atoms with Crippen LogP contribution in [0.4, 0.5) is 0 Å². The largest absolute Gasteiger partial charge is 0.468 e. The van der Waals surface area contributed by atoms with Gasteiger partial charge in [0.15, 0.2) is 0 Å². The van der Waals surface area contributed by atoms with Gasteiger partial charge in [0.05, 0.1) is 20.0 Å². The van der Waals surface area contributed by atoms with Gasteiger partial charge in [-0.2, -0.15) is 0 Å². The molecule has 0 aromatic carbocycles. The highest BCUT2D eigenvalue weighted by atomic mass is 16.5. The second-order valence-electron chi connectivity index (χ2n) is 3.81. The standard InChI is InChI=1S/C11H16O4/c1-7(2)4-9-10(11(13)14-3)8(5-12)6-15-9/h6-7,12H,4-5H2,1-3H3. The lowest BCUT2D eigenvalue weighted by molar-refractivity contribution is 0.0595. The lowest BCUT2D eigenvalue weighted by Gasteiger charge is -2.04. The van der Waals surface area contributed by atoms with Crippen LogP contribution in [0.5, 0.6) is 0 Å². The second-order valence-corrected chi connectivity index (χ2v) is 3.81. The maximum atomic E-state index is 11.5. The number of ether oxygens (including phenoxy) is 1. The van der Waals surface area contributed by atoms with E-state index in [1.54, 1.807) is 0 Å². The predicted molar refractivity (Wildman–Crippen MR) is 54.5 cm³/mol. The van der Waals surface area contributed by atoms with Gasteiger partial charge in [-0.15, -0.1) is 0 Å². The number of esters is 1. The van der Waals surface area contributed by atoms with Gasteiger partial charge in [-0.3, -0.25) is 0 Å². The number of carbonyl (C=O) groups is 1. The summed E-state index contributed by atoms with van der Waals surface area (Å²) < 4.78 is 9.91. The maximum Gasteiger partial charge on any atom is 0.341 e. The summed E-state index contributed by atoms with van der Waals surface area (Å²) in [5.74, 6) is 0.510. The van der Waals surface area contributed by atoms with Crippen molar-refractivity contribution in [2.75, 3.05) is 7.11 Å². The van der Waals surface area contributed by atoms with Crippen molar-refractivity contribution < 1.29 is 19.1 Å². The SMILES string of the molecule is COC(=O)c1c(CO)coc1CC(C)C. The summed E-state index contributed by atoms with van der Waals surface area (Å²) >= 11 is 0. The number of aliphatic hydroxyl groups excluding tert-OH is 1. The fourth-order valence-electron chi connectivity index (χ4n) is 1.42. The van der Waals surface area contributed by atoms with Crippen LogP contribution in [-0.4, -0.2) is 18.2 Å². The van der Waals surface area contributed by atoms with Crippen LogP contribution in [0.3, 0.4) is 0 Å². The Labute approximate surface area is 88.8 Å². The Morgan fingerprint density at radius 1 is 1.60 bits per heavy atom. The Hall–Kier alpha value is -1.29. The van der Waals surface area contributed by atoms with Gasteiger partial charge in [0.2, 0.25) is 0 Å². The summed E-state index contributed by atoms with van der Waals surface area (Å²) in [6.45, 7) is 3.84. The van der Waals surface area contributed by atoms with Crippen molar-refractivity contribution in [3.63, 3.8) is 0 Å². The number of rotatable bonds is 4. The highest BCUT2D eigenvalue weighted by molar-refractivity contribution is 5.92. The van der Waals surface area contributed by atoms with Crippen molar-refractivity contribution in [1.29, 1.82) is 0 Å². The van der Waals surface area contributed by atoms with E-state index in [2.05, 4.69) is 4.74 Å². The second kappa shape index (κ2) is 4.98. The molecule has 0 amide bonds. The van der Waals surface area contributed by atoms with E-state index in [1.807, 2.05) is 13.8 Å². The number of furan rings is 1. The van der Waals surface area contributed by atoms with Gasteiger partial charge < -0.3 is 14.3 Å². The molecule has 15 heavy (non-hydrogen) atoms. The molecular weight excluding hydrogens is 196 g/mol. The third-order valence-electron chi connectivity index (χ3n) is 2.10. The molecule has 0 aliphatic heterocycles. The molecule has 1 aromatic heterocycles. The molecule has 0 atom stereocenters. The van der Waals surface area contributed by atoms with Gasteiger partial charge >= 0.3 is 5.97 Å². The zero-order valence-electron chi connectivity index (χ0n) is 9.24. The third kappa shape index (κ3) is 2.59. The first kappa shape index (κ1) is 11.8. The van der Waals surface area contributed by atoms with Gasteiger partial charge in [-0.25, -0.2) is 4.79 Å². The molecule has 4 nitrogen and oxygen atoms in total. The Kier molecular flexibility index (Phi) is 3.91. The van der Waals surface area contributed by atoms with Gasteiger partial charge in [-0.1, -0.05) is 13.8 Å². The summed E-state index contributed by atoms with van der Waals surface area (Å²) in [5, 5.41) is 9.04. The van der Waals surface area contributed by atoms with E-state index in [-0.39, 0.29) is 6.61 Å². The van der Waals surface area contributed by atoms with E-state index < -0.39 is 5.97 Å². The predicted octanol–water partition coefficient (Wildman–Crippen LogP) is 1.76. The van der Waals surface area contributed by atoms with Crippen molar-refractivity contribution in [3.05, 3.63) is 23.2 Å². The first-order chi connectivity index (χ1) is 7.10. The van der Waals surface area contributed by atoms with Crippen LogP contribution in [-0.2, 0) is 17.8 Å². The number of aliphatic hydroxyl groups is 1. The molecule has 4 heteroatoms. The van der Waals surface area contributed by atoms with Crippen LogP contribution in [0.1, 0.15) is 35.5 Å². The molecule has 0 aliphatic rings. The minimum absolute atomic E-state index is 0.216. The van der Waals surface area contributed by atoms with E-state index in [0.717, 1.165) is 0 Å². The van der Waals surface area contributed by atoms with Crippen molar-refractivity contribution in [2.24, 2.45) is 5.92 Å². The van der Waals surface area contributed by atoms with E-state index >= 15 is 0 Å². The van der Waals surface area contributed by atoms with E-state index in [1.165, 1.54) is 13.4 Å². The summed E-state index contributed by atoms with van der Waals surface area (Å²) in [7, 11) is 1.32. The molecule has 0 saturated carbocycles. The fraction of sp³-hybridized carbons (Fsp3) is 0.545. The van der Waals surface area contributed by atoms with E-state index in [0.29, 0.717) is 29.2 Å². The Morgan fingerprint density at radius 2 is 2.27 bits per heavy atom. The molecule has 1 heterocycles. The van der Waals surface area contributed by atoms with Gasteiger partial charge in [0, 0.05) is 12.0 Å². The van der Waals surface area contributed by atoms with Crippen LogP contribution < -0.4 is 0 Å². The number of carbonyl (C=O) groups excluding carboxylic acids is 1. The summed E-state index contributed by atoms with van der Waals surface area (Å²) in [4.78, 5) is 11.5. The molecule has 0 bridgehead atoms. The zero-order valence-corrected chi connectivity index (χ0v) is 9.24. The van der Waals surface area contributed by atoms with Gasteiger partial charge in [0.1, 0.15) is 11.3 Å². The highest BCUT2D eigenvalue weighted by Gasteiger charge is 2.21. The molecule has 1 rings (SSSR count). The van der Waals surface area contributed by atoms with Crippen molar-refractivity contribution in [3.8, 4) is 0 Å². The fourth-order valence-corrected chi connectivity index (χ4v) is 1.42. The molecule has 0 radical (unpaired) electrons. The van der Waals surface area contributed by atoms with Crippen LogP contribution in [0.15, 0.2) is 10.7 Å². The third-order valence-corrected chi connectivity index (χ3v) is 2.10. The molecular formula is C11H16O4. The number of methoxy groups -OCH3 is 1.